The van der Waals surface area contributed by atoms with E-state index >= 15 is 0 Å². The number of nitro groups is 1. The van der Waals surface area contributed by atoms with Gasteiger partial charge in [-0.3, -0.25) is 4.79 Å². The fourth-order valence-corrected chi connectivity index (χ4v) is 0.735. The number of ether oxygens (including phenoxy) is 1. The summed E-state index contributed by atoms with van der Waals surface area (Å²) in [6, 6.07) is 0. The zero-order valence-corrected chi connectivity index (χ0v) is 8.84. The van der Waals surface area contributed by atoms with Gasteiger partial charge in [-0.1, -0.05) is 18.8 Å². The normalized spacial score (nSPS) is 8.73. The van der Waals surface area contributed by atoms with Crippen molar-refractivity contribution >= 4 is 11.9 Å². The number of hydrogen-bond acceptors (Lipinski definition) is 5. The number of carbonyl (C=O) groups is 1. The quantitative estimate of drug-likeness (QED) is 0.431. The molecule has 7 heteroatoms. The first kappa shape index (κ1) is 13.1. The van der Waals surface area contributed by atoms with Crippen LogP contribution in [-0.2, 0) is 16.3 Å². The highest BCUT2D eigenvalue weighted by molar-refractivity contribution is 5.65. The monoisotopic (exact) mass is 215 g/mol. The van der Waals surface area contributed by atoms with Gasteiger partial charge in [-0.25, -0.2) is 0 Å². The van der Waals surface area contributed by atoms with Crippen molar-refractivity contribution in [3.8, 4) is 0 Å². The van der Waals surface area contributed by atoms with Gasteiger partial charge in [0, 0.05) is 6.92 Å². The molecule has 1 aromatic heterocycles. The first-order chi connectivity index (χ1) is 7.11. The largest absolute Gasteiger partial charge is 0.437 e. The molecule has 0 radical (unpaired) electrons. The van der Waals surface area contributed by atoms with Crippen molar-refractivity contribution in [2.24, 2.45) is 0 Å². The molecule has 84 valence electrons. The second-order valence-corrected chi connectivity index (χ2v) is 2.22. The van der Waals surface area contributed by atoms with E-state index in [2.05, 4.69) is 9.72 Å². The molecule has 0 N–H and O–H groups in total. The Kier molecular flexibility index (Phi) is 5.69. The maximum atomic E-state index is 10.4. The summed E-state index contributed by atoms with van der Waals surface area (Å²) in [6.45, 7) is 5.04. The summed E-state index contributed by atoms with van der Waals surface area (Å²) in [4.78, 5) is 23.5. The van der Waals surface area contributed by atoms with E-state index in [9.17, 15) is 14.9 Å². The molecular formula is C8H13N3O4. The summed E-state index contributed by atoms with van der Waals surface area (Å²) in [7, 11) is 0. The highest BCUT2D eigenvalue weighted by atomic mass is 16.6. The smallest absolute Gasteiger partial charge is 0.431 e. The maximum absolute atomic E-state index is 10.4. The topological polar surface area (TPSA) is 87.3 Å². The number of esters is 1. The van der Waals surface area contributed by atoms with Crippen molar-refractivity contribution in [3.63, 3.8) is 0 Å². The SMILES string of the molecule is CC.CC(=O)OCn1ccnc1[N+](=O)[O-]. The molecule has 0 unspecified atom stereocenters. The van der Waals surface area contributed by atoms with Crippen LogP contribution in [0.25, 0.3) is 0 Å². The Labute approximate surface area is 86.8 Å². The molecule has 0 saturated carbocycles. The van der Waals surface area contributed by atoms with Gasteiger partial charge < -0.3 is 14.9 Å². The number of carbonyl (C=O) groups excluding carboxylic acids is 1. The summed E-state index contributed by atoms with van der Waals surface area (Å²) in [5.74, 6) is -0.843. The molecule has 1 heterocycles. The highest BCUT2D eigenvalue weighted by Gasteiger charge is 2.13. The van der Waals surface area contributed by atoms with E-state index in [-0.39, 0.29) is 12.7 Å². The van der Waals surface area contributed by atoms with E-state index in [1.54, 1.807) is 0 Å². The minimum atomic E-state index is -0.649. The van der Waals surface area contributed by atoms with Gasteiger partial charge >= 0.3 is 11.9 Å². The molecule has 7 nitrogen and oxygen atoms in total. The molecule has 0 aromatic carbocycles. The minimum absolute atomic E-state index is 0.189. The Morgan fingerprint density at radius 1 is 1.67 bits per heavy atom. The summed E-state index contributed by atoms with van der Waals surface area (Å²) >= 11 is 0. The Morgan fingerprint density at radius 3 is 2.73 bits per heavy atom. The maximum Gasteiger partial charge on any atom is 0.437 e. The van der Waals surface area contributed by atoms with Crippen molar-refractivity contribution in [1.29, 1.82) is 0 Å². The molecule has 1 rings (SSSR count). The molecule has 0 aliphatic carbocycles. The Bertz CT molecular complexity index is 334. The lowest BCUT2D eigenvalue weighted by Gasteiger charge is -2.00. The van der Waals surface area contributed by atoms with Gasteiger partial charge in [-0.05, 0) is 4.92 Å². The second kappa shape index (κ2) is 6.52. The molecule has 15 heavy (non-hydrogen) atoms. The van der Waals surface area contributed by atoms with Crippen LogP contribution in [0.2, 0.25) is 0 Å². The first-order valence-corrected chi connectivity index (χ1v) is 4.40. The van der Waals surface area contributed by atoms with Crippen LogP contribution in [0.15, 0.2) is 12.4 Å². The standard InChI is InChI=1S/C6H7N3O4.C2H6/c1-5(10)13-4-8-3-2-7-6(8)9(11)12;1-2/h2-3H,4H2,1H3;1-2H3. The molecule has 0 amide bonds. The van der Waals surface area contributed by atoms with Crippen molar-refractivity contribution in [1.82, 2.24) is 9.55 Å². The third kappa shape index (κ3) is 4.21. The molecule has 0 fully saturated rings. The zero-order chi connectivity index (χ0) is 11.8. The number of imidazole rings is 1. The Balaban J connectivity index is 0.000000921. The van der Waals surface area contributed by atoms with Gasteiger partial charge in [0.1, 0.15) is 12.4 Å². The lowest BCUT2D eigenvalue weighted by atomic mass is 10.8. The van der Waals surface area contributed by atoms with Gasteiger partial charge in [0.05, 0.1) is 0 Å². The highest BCUT2D eigenvalue weighted by Crippen LogP contribution is 2.06. The van der Waals surface area contributed by atoms with E-state index in [0.717, 1.165) is 4.57 Å². The zero-order valence-electron chi connectivity index (χ0n) is 8.84. The predicted octanol–water partition coefficient (Wildman–Crippen LogP) is 1.34. The molecule has 0 saturated heterocycles. The van der Waals surface area contributed by atoms with E-state index in [0.29, 0.717) is 0 Å². The van der Waals surface area contributed by atoms with Crippen LogP contribution in [0, 0.1) is 10.1 Å². The molecule has 0 spiro atoms. The number of hydrogen-bond donors (Lipinski definition) is 0. The third-order valence-electron chi connectivity index (χ3n) is 1.26. The molecule has 0 aliphatic heterocycles. The summed E-state index contributed by atoms with van der Waals surface area (Å²) in [5, 5.41) is 10.3. The minimum Gasteiger partial charge on any atom is -0.431 e. The summed E-state index contributed by atoms with van der Waals surface area (Å²) in [5.41, 5.74) is 0. The Hall–Kier alpha value is -1.92. The lowest BCUT2D eigenvalue weighted by molar-refractivity contribution is -0.397. The van der Waals surface area contributed by atoms with Crippen molar-refractivity contribution in [2.75, 3.05) is 0 Å². The van der Waals surface area contributed by atoms with E-state index in [4.69, 9.17) is 0 Å². The van der Waals surface area contributed by atoms with E-state index < -0.39 is 10.9 Å². The first-order valence-electron chi connectivity index (χ1n) is 4.40. The van der Waals surface area contributed by atoms with Crippen LogP contribution in [0.1, 0.15) is 20.8 Å². The average Bonchev–Trinajstić information content (AvgIpc) is 2.65. The molecule has 0 aliphatic rings. The van der Waals surface area contributed by atoms with E-state index in [1.807, 2.05) is 13.8 Å². The number of rotatable bonds is 3. The van der Waals surface area contributed by atoms with Gasteiger partial charge in [-0.2, -0.15) is 4.57 Å². The number of aromatic nitrogens is 2. The van der Waals surface area contributed by atoms with Crippen LogP contribution >= 0.6 is 0 Å². The van der Waals surface area contributed by atoms with Gasteiger partial charge in [0.15, 0.2) is 0 Å². The average molecular weight is 215 g/mol. The molecule has 0 bridgehead atoms. The fraction of sp³-hybridized carbons (Fsp3) is 0.500. The van der Waals surface area contributed by atoms with E-state index in [1.165, 1.54) is 19.3 Å². The van der Waals surface area contributed by atoms with Crippen LogP contribution in [0.5, 0.6) is 0 Å². The molecule has 1 aromatic rings. The van der Waals surface area contributed by atoms with Crippen LogP contribution in [-0.4, -0.2) is 20.4 Å². The molecular weight excluding hydrogens is 202 g/mol. The van der Waals surface area contributed by atoms with Crippen molar-refractivity contribution in [3.05, 3.63) is 22.5 Å². The third-order valence-corrected chi connectivity index (χ3v) is 1.26. The van der Waals surface area contributed by atoms with Crippen molar-refractivity contribution in [2.45, 2.75) is 27.5 Å². The fourth-order valence-electron chi connectivity index (χ4n) is 0.735. The lowest BCUT2D eigenvalue weighted by Crippen LogP contribution is -2.08. The summed E-state index contributed by atoms with van der Waals surface area (Å²) in [6.07, 6.45) is 2.63. The Morgan fingerprint density at radius 2 is 2.27 bits per heavy atom. The summed E-state index contributed by atoms with van der Waals surface area (Å²) < 4.78 is 5.68. The predicted molar refractivity (Wildman–Crippen MR) is 52.0 cm³/mol. The molecule has 0 atom stereocenters. The van der Waals surface area contributed by atoms with Gasteiger partial charge in [0.25, 0.3) is 0 Å². The van der Waals surface area contributed by atoms with Crippen molar-refractivity contribution < 1.29 is 14.5 Å². The van der Waals surface area contributed by atoms with Crippen LogP contribution < -0.4 is 0 Å². The van der Waals surface area contributed by atoms with Crippen LogP contribution in [0.4, 0.5) is 5.95 Å². The number of nitrogens with zero attached hydrogens (tertiary/aromatic N) is 3. The van der Waals surface area contributed by atoms with Crippen LogP contribution in [0.3, 0.4) is 0 Å². The second-order valence-electron chi connectivity index (χ2n) is 2.22. The van der Waals surface area contributed by atoms with Gasteiger partial charge in [-0.15, -0.1) is 0 Å². The van der Waals surface area contributed by atoms with Gasteiger partial charge in [0.2, 0.25) is 6.73 Å².